The van der Waals surface area contributed by atoms with E-state index in [0.29, 0.717) is 22.8 Å². The van der Waals surface area contributed by atoms with Crippen molar-refractivity contribution < 1.29 is 13.2 Å². The van der Waals surface area contributed by atoms with Gasteiger partial charge in [-0.2, -0.15) is 0 Å². The lowest BCUT2D eigenvalue weighted by atomic mass is 10.0. The van der Waals surface area contributed by atoms with Crippen LogP contribution in [0.4, 0.5) is 24.7 Å². The summed E-state index contributed by atoms with van der Waals surface area (Å²) in [6, 6.07) is 13.5. The molecule has 1 aliphatic heterocycles. The van der Waals surface area contributed by atoms with Crippen molar-refractivity contribution in [2.75, 3.05) is 23.7 Å². The summed E-state index contributed by atoms with van der Waals surface area (Å²) in [7, 11) is 0. The first-order valence-corrected chi connectivity index (χ1v) is 10.0. The Kier molecular flexibility index (Phi) is 4.57. The molecule has 2 aromatic carbocycles. The van der Waals surface area contributed by atoms with Gasteiger partial charge in [-0.15, -0.1) is 0 Å². The van der Waals surface area contributed by atoms with Crippen molar-refractivity contribution in [1.82, 2.24) is 14.4 Å². The number of halogens is 3. The summed E-state index contributed by atoms with van der Waals surface area (Å²) in [4.78, 5) is 11.2. The first kappa shape index (κ1) is 19.4. The minimum absolute atomic E-state index is 0.204. The number of rotatable bonds is 3. The van der Waals surface area contributed by atoms with E-state index in [2.05, 4.69) is 4.98 Å². The molecule has 0 bridgehead atoms. The van der Waals surface area contributed by atoms with Crippen molar-refractivity contribution >= 4 is 17.2 Å². The Hall–Kier alpha value is -3.55. The van der Waals surface area contributed by atoms with Crippen LogP contribution in [0.15, 0.2) is 60.9 Å². The van der Waals surface area contributed by atoms with E-state index in [4.69, 9.17) is 10.7 Å². The van der Waals surface area contributed by atoms with Crippen LogP contribution < -0.4 is 10.6 Å². The zero-order valence-corrected chi connectivity index (χ0v) is 16.6. The normalized spacial score (nSPS) is 16.0. The number of nitrogens with two attached hydrogens (primary N) is 1. The number of nitrogen functional groups attached to an aromatic ring is 1. The Morgan fingerprint density at radius 3 is 2.23 bits per heavy atom. The molecule has 0 unspecified atom stereocenters. The molecule has 0 atom stereocenters. The number of benzene rings is 2. The van der Waals surface area contributed by atoms with E-state index in [0.717, 1.165) is 16.8 Å². The summed E-state index contributed by atoms with van der Waals surface area (Å²) >= 11 is 0. The van der Waals surface area contributed by atoms with E-state index in [1.807, 2.05) is 21.4 Å². The summed E-state index contributed by atoms with van der Waals surface area (Å²) in [5.74, 6) is -2.42. The highest BCUT2D eigenvalue weighted by atomic mass is 19.3. The molecular weight excluding hydrogens is 403 g/mol. The van der Waals surface area contributed by atoms with Crippen molar-refractivity contribution in [3.63, 3.8) is 0 Å². The second-order valence-corrected chi connectivity index (χ2v) is 7.73. The summed E-state index contributed by atoms with van der Waals surface area (Å²) in [5, 5.41) is 0. The molecule has 0 aliphatic carbocycles. The molecule has 3 heterocycles. The molecule has 0 amide bonds. The second-order valence-electron chi connectivity index (χ2n) is 7.73. The predicted molar refractivity (Wildman–Crippen MR) is 115 cm³/mol. The number of aromatic nitrogens is 3. The molecule has 31 heavy (non-hydrogen) atoms. The minimum Gasteiger partial charge on any atom is -0.399 e. The van der Waals surface area contributed by atoms with E-state index in [9.17, 15) is 13.2 Å². The van der Waals surface area contributed by atoms with Crippen molar-refractivity contribution in [3.05, 3.63) is 66.7 Å². The zero-order valence-electron chi connectivity index (χ0n) is 16.6. The van der Waals surface area contributed by atoms with Crippen LogP contribution in [0.2, 0.25) is 0 Å². The number of hydrogen-bond acceptors (Lipinski definition) is 4. The maximum absolute atomic E-state index is 13.7. The van der Waals surface area contributed by atoms with Crippen LogP contribution in [-0.2, 0) is 0 Å². The first-order chi connectivity index (χ1) is 14.9. The van der Waals surface area contributed by atoms with Crippen molar-refractivity contribution in [2.45, 2.75) is 18.8 Å². The third-order valence-electron chi connectivity index (χ3n) is 5.62. The highest BCUT2D eigenvalue weighted by Gasteiger charge is 2.35. The largest absolute Gasteiger partial charge is 0.399 e. The monoisotopic (exact) mass is 423 g/mol. The Labute approximate surface area is 177 Å². The van der Waals surface area contributed by atoms with E-state index < -0.39 is 5.92 Å². The van der Waals surface area contributed by atoms with Gasteiger partial charge in [-0.3, -0.25) is 4.40 Å². The van der Waals surface area contributed by atoms with Crippen LogP contribution in [-0.4, -0.2) is 33.4 Å². The Bertz CT molecular complexity index is 1220. The number of imidazole rings is 1. The lowest BCUT2D eigenvalue weighted by Crippen LogP contribution is -2.40. The van der Waals surface area contributed by atoms with Crippen LogP contribution >= 0.6 is 0 Å². The van der Waals surface area contributed by atoms with Gasteiger partial charge in [0, 0.05) is 55.1 Å². The molecule has 1 fully saturated rings. The third kappa shape index (κ3) is 3.58. The van der Waals surface area contributed by atoms with E-state index in [1.54, 1.807) is 36.7 Å². The molecule has 1 saturated heterocycles. The summed E-state index contributed by atoms with van der Waals surface area (Å²) < 4.78 is 42.8. The molecular formula is C23H20F3N5. The highest BCUT2D eigenvalue weighted by molar-refractivity contribution is 5.85. The van der Waals surface area contributed by atoms with Gasteiger partial charge in [-0.25, -0.2) is 23.1 Å². The fourth-order valence-electron chi connectivity index (χ4n) is 3.96. The lowest BCUT2D eigenvalue weighted by Gasteiger charge is -2.32. The molecule has 5 rings (SSSR count). The number of fused-ring (bicyclic) bond motifs is 1. The molecule has 158 valence electrons. The lowest BCUT2D eigenvalue weighted by molar-refractivity contribution is -0.0221. The van der Waals surface area contributed by atoms with Gasteiger partial charge < -0.3 is 10.6 Å². The summed E-state index contributed by atoms with van der Waals surface area (Å²) in [6.07, 6.45) is 3.01. The van der Waals surface area contributed by atoms with E-state index in [1.165, 1.54) is 12.1 Å². The number of nitrogens with zero attached hydrogens (tertiary/aromatic N) is 4. The molecule has 4 aromatic rings. The van der Waals surface area contributed by atoms with Crippen LogP contribution in [0.25, 0.3) is 28.2 Å². The van der Waals surface area contributed by atoms with Gasteiger partial charge in [0.05, 0.1) is 11.4 Å². The molecule has 5 nitrogen and oxygen atoms in total. The Balaban J connectivity index is 1.70. The molecule has 0 spiro atoms. The zero-order chi connectivity index (χ0) is 21.6. The standard InChI is InChI=1S/C23H20F3N5/c24-17-5-1-15(2-6-17)19-20(16-3-7-18(27)8-4-16)31-14-11-28-21(22(31)29-19)30-12-9-23(25,26)10-13-30/h1-8,11,14H,9-10,12-13,27H2. The maximum Gasteiger partial charge on any atom is 0.251 e. The second kappa shape index (κ2) is 7.30. The van der Waals surface area contributed by atoms with E-state index >= 15 is 0 Å². The molecule has 1 aliphatic rings. The van der Waals surface area contributed by atoms with E-state index in [-0.39, 0.29) is 31.7 Å². The van der Waals surface area contributed by atoms with Crippen molar-refractivity contribution in [3.8, 4) is 22.5 Å². The SMILES string of the molecule is Nc1ccc(-c2c(-c3ccc(F)cc3)nc3c(N4CCC(F)(F)CC4)nccn23)cc1. The third-order valence-corrected chi connectivity index (χ3v) is 5.62. The molecule has 2 N–H and O–H groups in total. The predicted octanol–water partition coefficient (Wildman–Crippen LogP) is 5.02. The van der Waals surface area contributed by atoms with Crippen molar-refractivity contribution in [1.29, 1.82) is 0 Å². The van der Waals surface area contributed by atoms with Crippen LogP contribution in [0.3, 0.4) is 0 Å². The maximum atomic E-state index is 13.7. The smallest absolute Gasteiger partial charge is 0.251 e. The molecule has 0 radical (unpaired) electrons. The fourth-order valence-corrected chi connectivity index (χ4v) is 3.96. The number of hydrogen-bond donors (Lipinski definition) is 1. The van der Waals surface area contributed by atoms with Gasteiger partial charge >= 0.3 is 0 Å². The van der Waals surface area contributed by atoms with Crippen LogP contribution in [0, 0.1) is 5.82 Å². The van der Waals surface area contributed by atoms with Gasteiger partial charge in [-0.05, 0) is 36.4 Å². The number of anilines is 2. The Morgan fingerprint density at radius 2 is 1.55 bits per heavy atom. The van der Waals surface area contributed by atoms with Gasteiger partial charge in [-0.1, -0.05) is 12.1 Å². The fraction of sp³-hybridized carbons (Fsp3) is 0.217. The van der Waals surface area contributed by atoms with Gasteiger partial charge in [0.1, 0.15) is 5.82 Å². The average molecular weight is 423 g/mol. The van der Waals surface area contributed by atoms with Crippen molar-refractivity contribution in [2.24, 2.45) is 0 Å². The average Bonchev–Trinajstić information content (AvgIpc) is 3.15. The molecule has 8 heteroatoms. The highest BCUT2D eigenvalue weighted by Crippen LogP contribution is 2.37. The Morgan fingerprint density at radius 1 is 0.903 bits per heavy atom. The number of alkyl halides is 2. The quantitative estimate of drug-likeness (QED) is 0.470. The van der Waals surface area contributed by atoms with Gasteiger partial charge in [0.2, 0.25) is 0 Å². The first-order valence-electron chi connectivity index (χ1n) is 10.0. The summed E-state index contributed by atoms with van der Waals surface area (Å²) in [6.45, 7) is 0.408. The van der Waals surface area contributed by atoms with Crippen LogP contribution in [0.5, 0.6) is 0 Å². The van der Waals surface area contributed by atoms with Gasteiger partial charge in [0.15, 0.2) is 11.5 Å². The van der Waals surface area contributed by atoms with Gasteiger partial charge in [0.25, 0.3) is 5.92 Å². The van der Waals surface area contributed by atoms with Crippen LogP contribution in [0.1, 0.15) is 12.8 Å². The summed E-state index contributed by atoms with van der Waals surface area (Å²) in [5.41, 5.74) is 10.1. The topological polar surface area (TPSA) is 59.5 Å². The molecule has 2 aromatic heterocycles. The minimum atomic E-state index is -2.65. The molecule has 0 saturated carbocycles. The number of piperidine rings is 1.